The van der Waals surface area contributed by atoms with Crippen molar-refractivity contribution in [2.45, 2.75) is 155 Å². The number of benzene rings is 4. The Morgan fingerprint density at radius 2 is 0.603 bits per heavy atom. The van der Waals surface area contributed by atoms with Crippen molar-refractivity contribution in [1.82, 2.24) is 0 Å². The number of carbonyl (C=O) groups excluding carboxylic acids is 4. The number of hydrogen-bond donors (Lipinski definition) is 0. The molecule has 6 aliphatic rings. The summed E-state index contributed by atoms with van der Waals surface area (Å²) in [6, 6.07) is 22.4. The molecule has 2 fully saturated rings. The van der Waals surface area contributed by atoms with E-state index < -0.39 is 57.3 Å². The van der Waals surface area contributed by atoms with Crippen LogP contribution in [0.3, 0.4) is 0 Å². The minimum Gasteiger partial charge on any atom is -0.488 e. The molecule has 0 N–H and O–H groups in total. The first-order chi connectivity index (χ1) is 31.3. The van der Waals surface area contributed by atoms with Crippen LogP contribution in [0.4, 0.5) is 0 Å². The Bertz CT molecular complexity index is 2610. The molecule has 12 nitrogen and oxygen atoms in total. The Kier molecular flexibility index (Phi) is 10.2. The fourth-order valence-electron chi connectivity index (χ4n) is 12.4. The third kappa shape index (κ3) is 7.13. The number of rotatable bonds is 4. The van der Waals surface area contributed by atoms with Gasteiger partial charge in [0.1, 0.15) is 68.4 Å². The van der Waals surface area contributed by atoms with Gasteiger partial charge in [-0.2, -0.15) is 0 Å². The van der Waals surface area contributed by atoms with Crippen molar-refractivity contribution in [3.8, 4) is 46.0 Å². The van der Waals surface area contributed by atoms with Crippen LogP contribution < -0.4 is 37.9 Å². The van der Waals surface area contributed by atoms with Crippen molar-refractivity contribution in [3.05, 3.63) is 95.1 Å². The van der Waals surface area contributed by atoms with Gasteiger partial charge < -0.3 is 37.9 Å². The molecule has 0 amide bonds. The molecule has 0 aromatic heterocycles. The van der Waals surface area contributed by atoms with Crippen LogP contribution in [0.15, 0.2) is 72.8 Å². The van der Waals surface area contributed by atoms with Gasteiger partial charge in [0, 0.05) is 68.2 Å². The van der Waals surface area contributed by atoms with Gasteiger partial charge in [0.05, 0.1) is 23.7 Å². The summed E-state index contributed by atoms with van der Waals surface area (Å²) in [4.78, 5) is 53.2. The summed E-state index contributed by atoms with van der Waals surface area (Å²) in [5.41, 5.74) is -0.876. The van der Waals surface area contributed by atoms with E-state index in [0.29, 0.717) is 46.0 Å². The SMILES string of the molecule is CC(C)(C)Oc1ccc2c(c1)OC(=O)C1C2(C)C2C(=O)Oc3cc(OC(C)(C)C)ccc3C12C.CC(C)(C)Oc1ccc2c(c1)OC(=O)C1C3C(=O)Oc4cc(OC(C)(C)C)ccc4C3(C)C21C. The fraction of sp³-hybridized carbons (Fsp3) is 0.500. The van der Waals surface area contributed by atoms with Gasteiger partial charge in [-0.3, -0.25) is 19.2 Å². The van der Waals surface area contributed by atoms with Gasteiger partial charge in [0.2, 0.25) is 0 Å². The van der Waals surface area contributed by atoms with Gasteiger partial charge in [-0.25, -0.2) is 0 Å². The van der Waals surface area contributed by atoms with E-state index in [-0.39, 0.29) is 34.3 Å². The summed E-state index contributed by atoms with van der Waals surface area (Å²) in [7, 11) is 0. The molecule has 4 aromatic carbocycles. The molecule has 0 bridgehead atoms. The highest BCUT2D eigenvalue weighted by atomic mass is 16.6. The lowest BCUT2D eigenvalue weighted by atomic mass is 9.34. The monoisotopic (exact) mass is 928 g/mol. The molecule has 10 rings (SSSR count). The molecule has 360 valence electrons. The largest absolute Gasteiger partial charge is 0.488 e. The molecule has 4 unspecified atom stereocenters. The summed E-state index contributed by atoms with van der Waals surface area (Å²) in [6.07, 6.45) is 0. The Balaban J connectivity index is 0.000000170. The van der Waals surface area contributed by atoms with Gasteiger partial charge in [0.15, 0.2) is 0 Å². The molecule has 68 heavy (non-hydrogen) atoms. The minimum absolute atomic E-state index is 0.336. The van der Waals surface area contributed by atoms with Crippen LogP contribution in [0.1, 0.15) is 133 Å². The summed E-state index contributed by atoms with van der Waals surface area (Å²) >= 11 is 0. The number of esters is 4. The van der Waals surface area contributed by atoms with Crippen molar-refractivity contribution in [2.24, 2.45) is 23.7 Å². The van der Waals surface area contributed by atoms with E-state index in [4.69, 9.17) is 37.9 Å². The van der Waals surface area contributed by atoms with Crippen molar-refractivity contribution in [2.75, 3.05) is 0 Å². The van der Waals surface area contributed by atoms with Crippen molar-refractivity contribution < 1.29 is 57.1 Å². The van der Waals surface area contributed by atoms with Gasteiger partial charge in [-0.05, 0) is 107 Å². The highest BCUT2D eigenvalue weighted by Crippen LogP contribution is 2.73. The van der Waals surface area contributed by atoms with Gasteiger partial charge in [-0.15, -0.1) is 0 Å². The molecule has 12 heteroatoms. The predicted octanol–water partition coefficient (Wildman–Crippen LogP) is 10.7. The first-order valence-corrected chi connectivity index (χ1v) is 23.5. The molecule has 4 aliphatic heterocycles. The van der Waals surface area contributed by atoms with E-state index in [2.05, 4.69) is 13.8 Å². The molecular weight excluding hydrogens is 865 g/mol. The second-order valence-corrected chi connectivity index (χ2v) is 24.0. The zero-order valence-corrected chi connectivity index (χ0v) is 42.1. The summed E-state index contributed by atoms with van der Waals surface area (Å²) in [6.45, 7) is 31.6. The maximum absolute atomic E-state index is 13.4. The summed E-state index contributed by atoms with van der Waals surface area (Å²) in [5.74, 6) is 0.599. The topological polar surface area (TPSA) is 142 Å². The average Bonchev–Trinajstić information content (AvgIpc) is 3.15. The zero-order chi connectivity index (χ0) is 49.7. The number of carbonyl (C=O) groups is 4. The maximum Gasteiger partial charge on any atom is 0.316 e. The zero-order valence-electron chi connectivity index (χ0n) is 42.1. The van der Waals surface area contributed by atoms with E-state index in [1.54, 1.807) is 24.3 Å². The molecule has 2 saturated carbocycles. The van der Waals surface area contributed by atoms with Crippen molar-refractivity contribution in [1.29, 1.82) is 0 Å². The molecule has 4 heterocycles. The second kappa shape index (κ2) is 14.7. The Labute approximate surface area is 399 Å². The maximum atomic E-state index is 13.4. The fourth-order valence-corrected chi connectivity index (χ4v) is 12.4. The first-order valence-electron chi connectivity index (χ1n) is 23.5. The van der Waals surface area contributed by atoms with Crippen molar-refractivity contribution >= 4 is 23.9 Å². The first kappa shape index (κ1) is 47.0. The van der Waals surface area contributed by atoms with Crippen LogP contribution in [-0.2, 0) is 40.8 Å². The van der Waals surface area contributed by atoms with Crippen LogP contribution in [0.2, 0.25) is 0 Å². The number of fused-ring (bicyclic) bond motifs is 16. The third-order valence-electron chi connectivity index (χ3n) is 14.7. The number of hydrogen-bond acceptors (Lipinski definition) is 12. The van der Waals surface area contributed by atoms with Crippen LogP contribution in [0.25, 0.3) is 0 Å². The normalized spacial score (nSPS) is 29.4. The third-order valence-corrected chi connectivity index (χ3v) is 14.7. The van der Waals surface area contributed by atoms with E-state index in [0.717, 1.165) is 22.3 Å². The summed E-state index contributed by atoms with van der Waals surface area (Å²) < 4.78 is 47.1. The number of ether oxygens (including phenoxy) is 8. The smallest absolute Gasteiger partial charge is 0.316 e. The molecule has 0 spiro atoms. The van der Waals surface area contributed by atoms with Gasteiger partial charge in [0.25, 0.3) is 0 Å². The lowest BCUT2D eigenvalue weighted by Gasteiger charge is -2.67. The molecule has 0 saturated heterocycles. The average molecular weight is 929 g/mol. The van der Waals surface area contributed by atoms with Crippen LogP contribution >= 0.6 is 0 Å². The van der Waals surface area contributed by atoms with Crippen LogP contribution in [0.5, 0.6) is 46.0 Å². The van der Waals surface area contributed by atoms with E-state index in [9.17, 15) is 19.2 Å². The highest BCUT2D eigenvalue weighted by Gasteiger charge is 2.79. The minimum atomic E-state index is -0.741. The summed E-state index contributed by atoms with van der Waals surface area (Å²) in [5, 5.41) is 0. The van der Waals surface area contributed by atoms with E-state index in [1.165, 1.54) is 0 Å². The van der Waals surface area contributed by atoms with Gasteiger partial charge >= 0.3 is 23.9 Å². The highest BCUT2D eigenvalue weighted by molar-refractivity contribution is 5.96. The lowest BCUT2D eigenvalue weighted by Crippen LogP contribution is -2.75. The molecular formula is C56H64O12. The van der Waals surface area contributed by atoms with Gasteiger partial charge in [-0.1, -0.05) is 52.0 Å². The quantitative estimate of drug-likeness (QED) is 0.142. The Morgan fingerprint density at radius 3 is 0.868 bits per heavy atom. The standard InChI is InChI=1S/2C28H32O6/c1-25(2,3)33-15-9-11-17-19(13-15)31-23(29)21-27(17,7)22-24(30)32-20-14-16(34-26(4,5)6)10-12-18(20)28(21,22)8;1-25(2,3)33-15-9-11-17-19(13-15)31-23(29)21-22-24(30)32-20-14-16(34-26(4,5)6)10-12-18(20)28(22,8)27(17,21)7/h2*9-14,21-22H,1-8H3. The lowest BCUT2D eigenvalue weighted by molar-refractivity contribution is -0.186. The Morgan fingerprint density at radius 1 is 0.368 bits per heavy atom. The van der Waals surface area contributed by atoms with Crippen LogP contribution in [-0.4, -0.2) is 46.3 Å². The van der Waals surface area contributed by atoms with Crippen molar-refractivity contribution in [3.63, 3.8) is 0 Å². The second-order valence-electron chi connectivity index (χ2n) is 24.0. The molecule has 4 aromatic rings. The molecule has 2 aliphatic carbocycles. The molecule has 4 atom stereocenters. The van der Waals surface area contributed by atoms with E-state index >= 15 is 0 Å². The predicted molar refractivity (Wildman–Crippen MR) is 253 cm³/mol. The Hall–Kier alpha value is -6.04. The van der Waals surface area contributed by atoms with E-state index in [1.807, 2.05) is 145 Å². The van der Waals surface area contributed by atoms with Crippen LogP contribution in [0, 0.1) is 23.7 Å². The molecule has 0 radical (unpaired) electrons.